The van der Waals surface area contributed by atoms with Crippen LogP contribution in [0.2, 0.25) is 0 Å². The summed E-state index contributed by atoms with van der Waals surface area (Å²) in [5.41, 5.74) is 3.51. The quantitative estimate of drug-likeness (QED) is 0.509. The molecule has 1 aliphatic rings. The smallest absolute Gasteiger partial charge is 0.348 e. The van der Waals surface area contributed by atoms with Gasteiger partial charge in [0.05, 0.1) is 13.7 Å². The number of thiophene rings is 1. The first-order valence-electron chi connectivity index (χ1n) is 7.79. The molecule has 0 atom stereocenters. The summed E-state index contributed by atoms with van der Waals surface area (Å²) >= 11 is 1.46. The van der Waals surface area contributed by atoms with Crippen molar-refractivity contribution in [3.8, 4) is 5.75 Å². The summed E-state index contributed by atoms with van der Waals surface area (Å²) in [7, 11) is 1.41. The van der Waals surface area contributed by atoms with E-state index in [0.29, 0.717) is 4.88 Å². The van der Waals surface area contributed by atoms with Crippen LogP contribution in [0.4, 0.5) is 0 Å². The fraction of sp³-hybridized carbons (Fsp3) is 0.150. The monoisotopic (exact) mass is 336 g/mol. The van der Waals surface area contributed by atoms with Crippen LogP contribution in [0.25, 0.3) is 22.2 Å². The molecule has 0 saturated heterocycles. The Kier molecular flexibility index (Phi) is 3.82. The van der Waals surface area contributed by atoms with Gasteiger partial charge in [0.1, 0.15) is 10.6 Å². The average Bonchev–Trinajstić information content (AvgIpc) is 3.25. The number of fused-ring (bicyclic) bond motifs is 2. The zero-order valence-electron chi connectivity index (χ0n) is 13.2. The summed E-state index contributed by atoms with van der Waals surface area (Å²) in [6.45, 7) is 0.771. The van der Waals surface area contributed by atoms with E-state index in [4.69, 9.17) is 9.47 Å². The number of hydrogen-bond acceptors (Lipinski definition) is 4. The van der Waals surface area contributed by atoms with E-state index < -0.39 is 0 Å². The largest absolute Gasteiger partial charge is 0.493 e. The summed E-state index contributed by atoms with van der Waals surface area (Å²) in [4.78, 5) is 12.4. The van der Waals surface area contributed by atoms with Crippen molar-refractivity contribution in [1.29, 1.82) is 0 Å². The molecular formula is C20H16O3S. The first-order chi connectivity index (χ1) is 11.7. The number of ether oxygens (including phenoxy) is 2. The minimum Gasteiger partial charge on any atom is -0.493 e. The molecule has 3 aromatic rings. The van der Waals surface area contributed by atoms with E-state index in [1.54, 1.807) is 0 Å². The summed E-state index contributed by atoms with van der Waals surface area (Å²) in [5.74, 6) is 0.708. The lowest BCUT2D eigenvalue weighted by molar-refractivity contribution is 0.0606. The van der Waals surface area contributed by atoms with Gasteiger partial charge in [0, 0.05) is 16.5 Å². The van der Waals surface area contributed by atoms with E-state index in [-0.39, 0.29) is 5.97 Å². The molecule has 2 aromatic carbocycles. The topological polar surface area (TPSA) is 35.5 Å². The maximum absolute atomic E-state index is 11.7. The maximum atomic E-state index is 11.7. The molecule has 0 saturated carbocycles. The SMILES string of the molecule is COC(=O)c1cc2c(C=Cc3ccc4c(c3)CCO4)cccc2s1. The number of methoxy groups -OCH3 is 1. The highest BCUT2D eigenvalue weighted by Gasteiger charge is 2.12. The van der Waals surface area contributed by atoms with E-state index in [1.807, 2.05) is 24.3 Å². The number of esters is 1. The summed E-state index contributed by atoms with van der Waals surface area (Å²) in [6.07, 6.45) is 5.16. The van der Waals surface area contributed by atoms with Crippen molar-refractivity contribution >= 4 is 39.5 Å². The first-order valence-corrected chi connectivity index (χ1v) is 8.61. The van der Waals surface area contributed by atoms with Crippen LogP contribution in [-0.4, -0.2) is 19.7 Å². The van der Waals surface area contributed by atoms with Crippen LogP contribution >= 0.6 is 11.3 Å². The van der Waals surface area contributed by atoms with E-state index in [9.17, 15) is 4.79 Å². The van der Waals surface area contributed by atoms with Crippen molar-refractivity contribution in [2.24, 2.45) is 0 Å². The number of rotatable bonds is 3. The predicted octanol–water partition coefficient (Wildman–Crippen LogP) is 4.79. The van der Waals surface area contributed by atoms with E-state index in [2.05, 4.69) is 30.4 Å². The van der Waals surface area contributed by atoms with Crippen molar-refractivity contribution in [2.45, 2.75) is 6.42 Å². The fourth-order valence-electron chi connectivity index (χ4n) is 2.93. The van der Waals surface area contributed by atoms with Gasteiger partial charge in [0.2, 0.25) is 0 Å². The van der Waals surface area contributed by atoms with Gasteiger partial charge in [-0.15, -0.1) is 11.3 Å². The highest BCUT2D eigenvalue weighted by atomic mass is 32.1. The third-order valence-corrected chi connectivity index (χ3v) is 5.23. The molecule has 0 N–H and O–H groups in total. The molecule has 0 fully saturated rings. The lowest BCUT2D eigenvalue weighted by Crippen LogP contribution is -1.96. The normalized spacial score (nSPS) is 13.2. The van der Waals surface area contributed by atoms with Crippen LogP contribution in [0.3, 0.4) is 0 Å². The third-order valence-electron chi connectivity index (χ3n) is 4.15. The fourth-order valence-corrected chi connectivity index (χ4v) is 3.94. The highest BCUT2D eigenvalue weighted by Crippen LogP contribution is 2.31. The van der Waals surface area contributed by atoms with Crippen LogP contribution in [0, 0.1) is 0 Å². The Hall–Kier alpha value is -2.59. The standard InChI is InChI=1S/C20H16O3S/c1-22-20(21)19-12-16-14(3-2-4-18(16)24-19)7-5-13-6-8-17-15(11-13)9-10-23-17/h2-8,11-12H,9-10H2,1H3. The van der Waals surface area contributed by atoms with Crippen LogP contribution < -0.4 is 4.74 Å². The summed E-state index contributed by atoms with van der Waals surface area (Å²) < 4.78 is 11.4. The van der Waals surface area contributed by atoms with Gasteiger partial charge in [-0.2, -0.15) is 0 Å². The van der Waals surface area contributed by atoms with Crippen LogP contribution in [0.15, 0.2) is 42.5 Å². The molecular weight excluding hydrogens is 320 g/mol. The minimum absolute atomic E-state index is 0.287. The molecule has 0 aliphatic carbocycles. The van der Waals surface area contributed by atoms with Gasteiger partial charge in [-0.05, 0) is 41.0 Å². The Morgan fingerprint density at radius 3 is 3.00 bits per heavy atom. The van der Waals surface area contributed by atoms with E-state index >= 15 is 0 Å². The first kappa shape index (κ1) is 15.0. The second-order valence-electron chi connectivity index (χ2n) is 5.66. The van der Waals surface area contributed by atoms with Crippen molar-refractivity contribution in [3.63, 3.8) is 0 Å². The third kappa shape index (κ3) is 2.69. The van der Waals surface area contributed by atoms with Crippen LogP contribution in [0.1, 0.15) is 26.4 Å². The second-order valence-corrected chi connectivity index (χ2v) is 6.74. The zero-order valence-corrected chi connectivity index (χ0v) is 14.1. The van der Waals surface area contributed by atoms with Gasteiger partial charge in [0.25, 0.3) is 0 Å². The molecule has 0 unspecified atom stereocenters. The molecule has 0 radical (unpaired) electrons. The molecule has 1 aromatic heterocycles. The Balaban J connectivity index is 1.69. The van der Waals surface area contributed by atoms with Gasteiger partial charge < -0.3 is 9.47 Å². The van der Waals surface area contributed by atoms with Crippen LogP contribution in [0.5, 0.6) is 5.75 Å². The number of hydrogen-bond donors (Lipinski definition) is 0. The van der Waals surface area contributed by atoms with Crippen molar-refractivity contribution < 1.29 is 14.3 Å². The summed E-state index contributed by atoms with van der Waals surface area (Å²) in [5, 5.41) is 1.07. The highest BCUT2D eigenvalue weighted by molar-refractivity contribution is 7.20. The van der Waals surface area contributed by atoms with Crippen molar-refractivity contribution in [2.75, 3.05) is 13.7 Å². The molecule has 120 valence electrons. The Morgan fingerprint density at radius 2 is 2.12 bits per heavy atom. The molecule has 4 rings (SSSR count). The van der Waals surface area contributed by atoms with Crippen molar-refractivity contribution in [1.82, 2.24) is 0 Å². The maximum Gasteiger partial charge on any atom is 0.348 e. The van der Waals surface area contributed by atoms with Crippen LogP contribution in [-0.2, 0) is 11.2 Å². The van der Waals surface area contributed by atoms with Gasteiger partial charge in [-0.1, -0.05) is 30.4 Å². The molecule has 1 aliphatic heterocycles. The number of carbonyl (C=O) groups is 1. The summed E-state index contributed by atoms with van der Waals surface area (Å²) in [6, 6.07) is 14.3. The van der Waals surface area contributed by atoms with E-state index in [0.717, 1.165) is 40.0 Å². The Labute approximate surface area is 144 Å². The van der Waals surface area contributed by atoms with E-state index in [1.165, 1.54) is 24.0 Å². The molecule has 2 heterocycles. The second kappa shape index (κ2) is 6.13. The molecule has 0 amide bonds. The van der Waals surface area contributed by atoms with Gasteiger partial charge in [-0.3, -0.25) is 0 Å². The Morgan fingerprint density at radius 1 is 1.21 bits per heavy atom. The average molecular weight is 336 g/mol. The van der Waals surface area contributed by atoms with Gasteiger partial charge in [0.15, 0.2) is 0 Å². The molecule has 3 nitrogen and oxygen atoms in total. The lowest BCUT2D eigenvalue weighted by atomic mass is 10.1. The van der Waals surface area contributed by atoms with Gasteiger partial charge >= 0.3 is 5.97 Å². The molecule has 0 spiro atoms. The minimum atomic E-state index is -0.287. The molecule has 4 heteroatoms. The molecule has 24 heavy (non-hydrogen) atoms. The van der Waals surface area contributed by atoms with Crippen molar-refractivity contribution in [3.05, 3.63) is 64.0 Å². The lowest BCUT2D eigenvalue weighted by Gasteiger charge is -2.00. The predicted molar refractivity (Wildman–Crippen MR) is 97.7 cm³/mol. The number of carbonyl (C=O) groups excluding carboxylic acids is 1. The number of benzene rings is 2. The zero-order chi connectivity index (χ0) is 16.5. The molecule has 0 bridgehead atoms. The van der Waals surface area contributed by atoms with Gasteiger partial charge in [-0.25, -0.2) is 4.79 Å². The Bertz CT molecular complexity index is 953.